The maximum atomic E-state index is 10.9. The second-order valence-electron chi connectivity index (χ2n) is 4.08. The van der Waals surface area contributed by atoms with E-state index in [-0.39, 0.29) is 5.92 Å². The molecule has 1 heterocycles. The van der Waals surface area contributed by atoms with E-state index in [0.29, 0.717) is 6.61 Å². The van der Waals surface area contributed by atoms with Crippen molar-refractivity contribution < 1.29 is 14.6 Å². The first-order valence-corrected chi connectivity index (χ1v) is 6.30. The molecule has 0 aromatic carbocycles. The van der Waals surface area contributed by atoms with Crippen LogP contribution in [0.1, 0.15) is 23.4 Å². The number of ether oxygens (including phenoxy) is 1. The van der Waals surface area contributed by atoms with Crippen molar-refractivity contribution in [2.24, 2.45) is 5.92 Å². The highest BCUT2D eigenvalue weighted by Gasteiger charge is 2.36. The molecule has 1 atom stereocenters. The molecule has 0 aliphatic heterocycles. The molecule has 1 saturated carbocycles. The van der Waals surface area contributed by atoms with E-state index in [4.69, 9.17) is 9.84 Å². The average Bonchev–Trinajstić information content (AvgIpc) is 2.98. The summed E-state index contributed by atoms with van der Waals surface area (Å²) >= 11 is 1.60. The molecule has 16 heavy (non-hydrogen) atoms. The summed E-state index contributed by atoms with van der Waals surface area (Å²) in [4.78, 5) is 16.2. The van der Waals surface area contributed by atoms with Crippen molar-refractivity contribution in [1.82, 2.24) is 4.98 Å². The van der Waals surface area contributed by atoms with Crippen LogP contribution in [0.3, 0.4) is 0 Å². The Morgan fingerprint density at radius 3 is 3.00 bits per heavy atom. The third kappa shape index (κ3) is 2.80. The fraction of sp³-hybridized carbons (Fsp3) is 0.636. The molecule has 1 fully saturated rings. The van der Waals surface area contributed by atoms with Crippen LogP contribution < -0.4 is 0 Å². The van der Waals surface area contributed by atoms with Gasteiger partial charge in [0, 0.05) is 11.3 Å². The maximum absolute atomic E-state index is 10.9. The van der Waals surface area contributed by atoms with Crippen LogP contribution in [0.2, 0.25) is 0 Å². The van der Waals surface area contributed by atoms with E-state index >= 15 is 0 Å². The van der Waals surface area contributed by atoms with E-state index in [1.807, 2.05) is 6.92 Å². The molecule has 1 unspecified atom stereocenters. The number of rotatable bonds is 6. The van der Waals surface area contributed by atoms with Gasteiger partial charge in [0.25, 0.3) is 0 Å². The molecular formula is C11H15NO3S. The van der Waals surface area contributed by atoms with Crippen LogP contribution in [0.25, 0.3) is 0 Å². The lowest BCUT2D eigenvalue weighted by atomic mass is 10.2. The molecular weight excluding hydrogens is 226 g/mol. The number of carboxylic acids is 1. The van der Waals surface area contributed by atoms with Crippen molar-refractivity contribution in [1.29, 1.82) is 0 Å². The first-order valence-electron chi connectivity index (χ1n) is 5.42. The van der Waals surface area contributed by atoms with Gasteiger partial charge in [-0.15, -0.1) is 11.3 Å². The lowest BCUT2D eigenvalue weighted by molar-refractivity contribution is -0.151. The van der Waals surface area contributed by atoms with Crippen LogP contribution in [-0.2, 0) is 16.0 Å². The van der Waals surface area contributed by atoms with E-state index in [0.717, 1.165) is 25.0 Å². The number of thiazole rings is 1. The standard InChI is InChI=1S/C11H15NO3S/c1-7-9(16-6-12-7)4-5-15-10(11(13)14)8-2-3-8/h6,8,10H,2-5H2,1H3,(H,13,14). The minimum Gasteiger partial charge on any atom is -0.479 e. The van der Waals surface area contributed by atoms with Crippen LogP contribution >= 0.6 is 11.3 Å². The molecule has 1 aromatic rings. The Hall–Kier alpha value is -0.940. The van der Waals surface area contributed by atoms with Crippen LogP contribution in [-0.4, -0.2) is 28.8 Å². The van der Waals surface area contributed by atoms with Crippen molar-refractivity contribution in [2.75, 3.05) is 6.61 Å². The van der Waals surface area contributed by atoms with Crippen LogP contribution in [0.15, 0.2) is 5.51 Å². The molecule has 0 amide bonds. The minimum atomic E-state index is -0.830. The number of aliphatic carboxylic acids is 1. The van der Waals surface area contributed by atoms with E-state index in [1.165, 1.54) is 4.88 Å². The van der Waals surface area contributed by atoms with Gasteiger partial charge >= 0.3 is 5.97 Å². The first-order chi connectivity index (χ1) is 7.68. The normalized spacial score (nSPS) is 17.3. The molecule has 0 bridgehead atoms. The summed E-state index contributed by atoms with van der Waals surface area (Å²) in [6.07, 6.45) is 2.12. The summed E-state index contributed by atoms with van der Waals surface area (Å²) in [6, 6.07) is 0. The Morgan fingerprint density at radius 2 is 2.50 bits per heavy atom. The van der Waals surface area contributed by atoms with Crippen LogP contribution in [0.5, 0.6) is 0 Å². The third-order valence-electron chi connectivity index (χ3n) is 2.76. The average molecular weight is 241 g/mol. The highest BCUT2D eigenvalue weighted by molar-refractivity contribution is 7.09. The first kappa shape index (κ1) is 11.5. The molecule has 0 spiro atoms. The van der Waals surface area contributed by atoms with Crippen molar-refractivity contribution in [3.05, 3.63) is 16.1 Å². The number of hydrogen-bond donors (Lipinski definition) is 1. The zero-order valence-corrected chi connectivity index (χ0v) is 10.00. The summed E-state index contributed by atoms with van der Waals surface area (Å²) < 4.78 is 5.44. The molecule has 1 N–H and O–H groups in total. The second-order valence-corrected chi connectivity index (χ2v) is 5.02. The molecule has 1 aliphatic carbocycles. The van der Waals surface area contributed by atoms with Gasteiger partial charge in [0.05, 0.1) is 17.8 Å². The van der Waals surface area contributed by atoms with Crippen LogP contribution in [0, 0.1) is 12.8 Å². The fourth-order valence-corrected chi connectivity index (χ4v) is 2.42. The molecule has 5 heteroatoms. The van der Waals surface area contributed by atoms with Gasteiger partial charge in [-0.3, -0.25) is 0 Å². The Morgan fingerprint density at radius 1 is 1.75 bits per heavy atom. The quantitative estimate of drug-likeness (QED) is 0.826. The zero-order valence-electron chi connectivity index (χ0n) is 9.18. The minimum absolute atomic E-state index is 0.236. The SMILES string of the molecule is Cc1ncsc1CCOC(C(=O)O)C1CC1. The summed E-state index contributed by atoms with van der Waals surface area (Å²) in [7, 11) is 0. The summed E-state index contributed by atoms with van der Waals surface area (Å²) in [6.45, 7) is 2.43. The van der Waals surface area contributed by atoms with Gasteiger partial charge in [-0.1, -0.05) is 0 Å². The summed E-state index contributed by atoms with van der Waals surface area (Å²) in [5.41, 5.74) is 2.83. The Bertz CT molecular complexity index is 373. The Balaban J connectivity index is 1.78. The van der Waals surface area contributed by atoms with Gasteiger partial charge in [-0.25, -0.2) is 9.78 Å². The molecule has 88 valence electrons. The van der Waals surface area contributed by atoms with Crippen LogP contribution in [0.4, 0.5) is 0 Å². The monoisotopic (exact) mass is 241 g/mol. The number of hydrogen-bond acceptors (Lipinski definition) is 4. The van der Waals surface area contributed by atoms with E-state index < -0.39 is 12.1 Å². The number of nitrogens with zero attached hydrogens (tertiary/aromatic N) is 1. The van der Waals surface area contributed by atoms with Crippen molar-refractivity contribution in [3.63, 3.8) is 0 Å². The van der Waals surface area contributed by atoms with Gasteiger partial charge in [0.1, 0.15) is 0 Å². The number of carbonyl (C=O) groups is 1. The Labute approximate surface area is 98.3 Å². The molecule has 1 aliphatic rings. The largest absolute Gasteiger partial charge is 0.479 e. The van der Waals surface area contributed by atoms with E-state index in [1.54, 1.807) is 16.8 Å². The summed E-state index contributed by atoms with van der Waals surface area (Å²) in [5, 5.41) is 8.96. The lowest BCUT2D eigenvalue weighted by Crippen LogP contribution is -2.26. The molecule has 0 saturated heterocycles. The molecule has 1 aromatic heterocycles. The topological polar surface area (TPSA) is 59.4 Å². The van der Waals surface area contributed by atoms with Gasteiger partial charge in [0.2, 0.25) is 0 Å². The predicted octanol–water partition coefficient (Wildman–Crippen LogP) is 1.87. The Kier molecular flexibility index (Phi) is 3.56. The van der Waals surface area contributed by atoms with Crippen molar-refractivity contribution in [3.8, 4) is 0 Å². The number of carboxylic acid groups (broad SMARTS) is 1. The van der Waals surface area contributed by atoms with Gasteiger partial charge in [-0.05, 0) is 25.7 Å². The smallest absolute Gasteiger partial charge is 0.333 e. The number of aryl methyl sites for hydroxylation is 1. The van der Waals surface area contributed by atoms with Crippen molar-refractivity contribution in [2.45, 2.75) is 32.3 Å². The van der Waals surface area contributed by atoms with Gasteiger partial charge in [0.15, 0.2) is 6.10 Å². The van der Waals surface area contributed by atoms with E-state index in [9.17, 15) is 4.79 Å². The predicted molar refractivity (Wildman–Crippen MR) is 60.7 cm³/mol. The van der Waals surface area contributed by atoms with Gasteiger partial charge in [-0.2, -0.15) is 0 Å². The molecule has 0 radical (unpaired) electrons. The third-order valence-corrected chi connectivity index (χ3v) is 3.76. The van der Waals surface area contributed by atoms with Crippen molar-refractivity contribution >= 4 is 17.3 Å². The highest BCUT2D eigenvalue weighted by atomic mass is 32.1. The molecule has 4 nitrogen and oxygen atoms in total. The maximum Gasteiger partial charge on any atom is 0.333 e. The van der Waals surface area contributed by atoms with Gasteiger partial charge < -0.3 is 9.84 Å². The highest BCUT2D eigenvalue weighted by Crippen LogP contribution is 2.34. The van der Waals surface area contributed by atoms with E-state index in [2.05, 4.69) is 4.98 Å². The summed E-state index contributed by atoms with van der Waals surface area (Å²) in [5.74, 6) is -0.594. The second kappa shape index (κ2) is 4.93. The fourth-order valence-electron chi connectivity index (χ4n) is 1.65. The zero-order chi connectivity index (χ0) is 11.5. The lowest BCUT2D eigenvalue weighted by Gasteiger charge is -2.11. The molecule has 2 rings (SSSR count). The number of aromatic nitrogens is 1.